The van der Waals surface area contributed by atoms with Crippen LogP contribution >= 0.6 is 0 Å². The minimum Gasteiger partial charge on any atom is -0.345 e. The number of halogens is 1. The van der Waals surface area contributed by atoms with E-state index in [4.69, 9.17) is 0 Å². The minimum atomic E-state index is -0.558. The third kappa shape index (κ3) is 6.87. The van der Waals surface area contributed by atoms with E-state index >= 15 is 0 Å². The van der Waals surface area contributed by atoms with Gasteiger partial charge in [0.05, 0.1) is 29.9 Å². The van der Waals surface area contributed by atoms with Gasteiger partial charge in [-0.05, 0) is 18.2 Å². The largest absolute Gasteiger partial charge is 0.345 e. The number of amides is 2. The molecule has 1 aromatic carbocycles. The molecular formula is C20H21FN8O4. The van der Waals surface area contributed by atoms with Gasteiger partial charge in [0.2, 0.25) is 5.91 Å². The van der Waals surface area contributed by atoms with Crippen LogP contribution in [-0.2, 0) is 17.9 Å². The Bertz CT molecular complexity index is 1140. The summed E-state index contributed by atoms with van der Waals surface area (Å²) >= 11 is 0. The molecule has 0 fully saturated rings. The molecule has 0 atom stereocenters. The highest BCUT2D eigenvalue weighted by Crippen LogP contribution is 2.23. The molecule has 0 saturated heterocycles. The van der Waals surface area contributed by atoms with Gasteiger partial charge >= 0.3 is 0 Å². The van der Waals surface area contributed by atoms with Crippen LogP contribution in [0.4, 0.5) is 15.8 Å². The van der Waals surface area contributed by atoms with Gasteiger partial charge in [0.15, 0.2) is 5.69 Å². The maximum atomic E-state index is 13.6. The molecule has 0 aliphatic rings. The normalized spacial score (nSPS) is 10.6. The van der Waals surface area contributed by atoms with Crippen molar-refractivity contribution >= 4 is 23.2 Å². The van der Waals surface area contributed by atoms with E-state index in [-0.39, 0.29) is 41.6 Å². The number of aromatic nitrogens is 4. The minimum absolute atomic E-state index is 0.0753. The average molecular weight is 456 g/mol. The van der Waals surface area contributed by atoms with E-state index in [2.05, 4.69) is 31.2 Å². The van der Waals surface area contributed by atoms with Crippen LogP contribution in [0, 0.1) is 15.9 Å². The molecular weight excluding hydrogens is 435 g/mol. The molecule has 2 aromatic heterocycles. The van der Waals surface area contributed by atoms with Crippen LogP contribution in [0.5, 0.6) is 0 Å². The van der Waals surface area contributed by atoms with Crippen molar-refractivity contribution in [1.29, 1.82) is 0 Å². The number of rotatable bonds is 11. The number of hydrogen-bond donors (Lipinski definition) is 3. The molecule has 12 nitrogen and oxygen atoms in total. The second kappa shape index (κ2) is 11.4. The smallest absolute Gasteiger partial charge is 0.292 e. The van der Waals surface area contributed by atoms with Crippen molar-refractivity contribution in [1.82, 2.24) is 30.6 Å². The highest BCUT2D eigenvalue weighted by Gasteiger charge is 2.15. The number of hydrogen-bond acceptors (Lipinski definition) is 8. The van der Waals surface area contributed by atoms with E-state index in [0.29, 0.717) is 19.6 Å². The number of carbonyl (C=O) groups is 2. The van der Waals surface area contributed by atoms with E-state index < -0.39 is 16.6 Å². The Morgan fingerprint density at radius 1 is 1.15 bits per heavy atom. The maximum absolute atomic E-state index is 13.6. The van der Waals surface area contributed by atoms with Crippen LogP contribution in [0.15, 0.2) is 48.8 Å². The van der Waals surface area contributed by atoms with E-state index in [0.717, 1.165) is 0 Å². The van der Waals surface area contributed by atoms with Crippen molar-refractivity contribution in [2.45, 2.75) is 19.5 Å². The van der Waals surface area contributed by atoms with Crippen LogP contribution in [0.25, 0.3) is 0 Å². The van der Waals surface area contributed by atoms with Gasteiger partial charge in [0, 0.05) is 31.8 Å². The van der Waals surface area contributed by atoms with E-state index in [9.17, 15) is 24.1 Å². The number of nitro groups is 1. The monoisotopic (exact) mass is 456 g/mol. The molecule has 0 saturated carbocycles. The number of nitro benzene ring substituents is 1. The second-order valence-electron chi connectivity index (χ2n) is 6.80. The van der Waals surface area contributed by atoms with Gasteiger partial charge in [-0.1, -0.05) is 17.3 Å². The fraction of sp³-hybridized carbons (Fsp3) is 0.250. The number of nitrogens with zero attached hydrogens (tertiary/aromatic N) is 5. The standard InChI is InChI=1S/C20H21FN8O4/c21-14-4-3-8-23-16(14)12-24-20(31)17-13-28(27-26-17)11-10-22-9-7-19(30)25-15-5-1-2-6-18(15)29(32)33/h1-6,8,13,22H,7,9-12H2,(H,24,31)(H,25,30). The number of benzene rings is 1. The van der Waals surface area contributed by atoms with Crippen molar-refractivity contribution in [3.8, 4) is 0 Å². The Balaban J connectivity index is 1.36. The lowest BCUT2D eigenvalue weighted by Gasteiger charge is -2.07. The van der Waals surface area contributed by atoms with Crippen molar-refractivity contribution < 1.29 is 18.9 Å². The fourth-order valence-electron chi connectivity index (χ4n) is 2.79. The number of para-hydroxylation sites is 2. The predicted octanol–water partition coefficient (Wildman–Crippen LogP) is 1.27. The molecule has 0 aliphatic carbocycles. The summed E-state index contributed by atoms with van der Waals surface area (Å²) in [5, 5.41) is 26.7. The molecule has 0 spiro atoms. The number of pyridine rings is 1. The molecule has 33 heavy (non-hydrogen) atoms. The Labute approximate surface area is 187 Å². The van der Waals surface area contributed by atoms with Gasteiger partial charge < -0.3 is 16.0 Å². The van der Waals surface area contributed by atoms with Crippen LogP contribution in [0.2, 0.25) is 0 Å². The first kappa shape index (κ1) is 23.4. The topological polar surface area (TPSA) is 157 Å². The van der Waals surface area contributed by atoms with Crippen molar-refractivity contribution in [3.63, 3.8) is 0 Å². The second-order valence-corrected chi connectivity index (χ2v) is 6.80. The van der Waals surface area contributed by atoms with Gasteiger partial charge in [0.1, 0.15) is 11.5 Å². The molecule has 0 aliphatic heterocycles. The third-order valence-electron chi connectivity index (χ3n) is 4.44. The summed E-state index contributed by atoms with van der Waals surface area (Å²) in [5.41, 5.74) is 0.172. The highest BCUT2D eigenvalue weighted by atomic mass is 19.1. The Hall–Kier alpha value is -4.26. The molecule has 172 valence electrons. The van der Waals surface area contributed by atoms with Crippen LogP contribution < -0.4 is 16.0 Å². The summed E-state index contributed by atoms with van der Waals surface area (Å²) in [6.45, 7) is 1.10. The zero-order valence-electron chi connectivity index (χ0n) is 17.4. The van der Waals surface area contributed by atoms with Crippen LogP contribution in [0.1, 0.15) is 22.6 Å². The van der Waals surface area contributed by atoms with Gasteiger partial charge in [-0.25, -0.2) is 4.39 Å². The van der Waals surface area contributed by atoms with Crippen molar-refractivity contribution in [2.24, 2.45) is 0 Å². The molecule has 0 unspecified atom stereocenters. The summed E-state index contributed by atoms with van der Waals surface area (Å²) in [4.78, 5) is 38.4. The zero-order chi connectivity index (χ0) is 23.6. The summed E-state index contributed by atoms with van der Waals surface area (Å²) in [5.74, 6) is -1.38. The molecule has 2 amide bonds. The fourth-order valence-corrected chi connectivity index (χ4v) is 2.79. The number of carbonyl (C=O) groups excluding carboxylic acids is 2. The predicted molar refractivity (Wildman–Crippen MR) is 115 cm³/mol. The number of anilines is 1. The van der Waals surface area contributed by atoms with Crippen molar-refractivity contribution in [2.75, 3.05) is 18.4 Å². The maximum Gasteiger partial charge on any atom is 0.292 e. The summed E-state index contributed by atoms with van der Waals surface area (Å²) in [6.07, 6.45) is 3.00. The van der Waals surface area contributed by atoms with Gasteiger partial charge in [-0.2, -0.15) is 0 Å². The lowest BCUT2D eigenvalue weighted by Crippen LogP contribution is -2.25. The average Bonchev–Trinajstić information content (AvgIpc) is 3.27. The van der Waals surface area contributed by atoms with Crippen molar-refractivity contribution in [3.05, 3.63) is 76.1 Å². The molecule has 2 heterocycles. The van der Waals surface area contributed by atoms with Crippen LogP contribution in [0.3, 0.4) is 0 Å². The molecule has 3 aromatic rings. The highest BCUT2D eigenvalue weighted by molar-refractivity contribution is 5.93. The summed E-state index contributed by atoms with van der Waals surface area (Å²) in [6, 6.07) is 8.63. The first-order valence-electron chi connectivity index (χ1n) is 9.95. The zero-order valence-corrected chi connectivity index (χ0v) is 17.4. The molecule has 0 bridgehead atoms. The molecule has 0 radical (unpaired) electrons. The SMILES string of the molecule is O=C(CCNCCn1cc(C(=O)NCc2ncccc2F)nn1)Nc1ccccc1[N+](=O)[O-]. The molecule has 3 rings (SSSR count). The van der Waals surface area contributed by atoms with Gasteiger partial charge in [0.25, 0.3) is 11.6 Å². The summed E-state index contributed by atoms with van der Waals surface area (Å²) < 4.78 is 15.0. The quantitative estimate of drug-likeness (QED) is 0.221. The van der Waals surface area contributed by atoms with E-state index in [1.165, 1.54) is 47.4 Å². The van der Waals surface area contributed by atoms with Gasteiger partial charge in [-0.3, -0.25) is 29.4 Å². The number of nitrogens with one attached hydrogen (secondary N) is 3. The van der Waals surface area contributed by atoms with Crippen LogP contribution in [-0.4, -0.2) is 49.8 Å². The first-order valence-corrected chi connectivity index (χ1v) is 9.95. The lowest BCUT2D eigenvalue weighted by molar-refractivity contribution is -0.383. The Kier molecular flexibility index (Phi) is 8.07. The molecule has 13 heteroatoms. The summed E-state index contributed by atoms with van der Waals surface area (Å²) in [7, 11) is 0. The van der Waals surface area contributed by atoms with E-state index in [1.807, 2.05) is 0 Å². The lowest BCUT2D eigenvalue weighted by atomic mass is 10.2. The Morgan fingerprint density at radius 3 is 2.76 bits per heavy atom. The first-order chi connectivity index (χ1) is 15.9. The van der Waals surface area contributed by atoms with E-state index in [1.54, 1.807) is 6.07 Å². The van der Waals surface area contributed by atoms with Gasteiger partial charge in [-0.15, -0.1) is 5.10 Å². The molecule has 3 N–H and O–H groups in total. The Morgan fingerprint density at radius 2 is 1.97 bits per heavy atom. The third-order valence-corrected chi connectivity index (χ3v) is 4.44.